The van der Waals surface area contributed by atoms with Crippen LogP contribution in [-0.4, -0.2) is 13.1 Å². The number of halogens is 5. The van der Waals surface area contributed by atoms with Gasteiger partial charge >= 0.3 is 12.1 Å². The van der Waals surface area contributed by atoms with Gasteiger partial charge in [-0.05, 0) is 12.1 Å². The van der Waals surface area contributed by atoms with Crippen molar-refractivity contribution in [2.24, 2.45) is 0 Å². The van der Waals surface area contributed by atoms with E-state index >= 15 is 0 Å². The zero-order chi connectivity index (χ0) is 12.5. The summed E-state index contributed by atoms with van der Waals surface area (Å²) in [6.07, 6.45) is -5.00. The Kier molecular flexibility index (Phi) is 3.16. The van der Waals surface area contributed by atoms with Gasteiger partial charge in [-0.25, -0.2) is 13.6 Å². The van der Waals surface area contributed by atoms with E-state index in [2.05, 4.69) is 4.74 Å². The molecule has 1 rings (SSSR count). The van der Waals surface area contributed by atoms with Crippen molar-refractivity contribution in [2.45, 2.75) is 6.18 Å². The average molecular weight is 240 g/mol. The maximum Gasteiger partial charge on any atom is 0.419 e. The van der Waals surface area contributed by atoms with Gasteiger partial charge in [0, 0.05) is 0 Å². The first-order valence-electron chi connectivity index (χ1n) is 3.92. The molecule has 0 atom stereocenters. The van der Waals surface area contributed by atoms with Gasteiger partial charge in [0.25, 0.3) is 0 Å². The molecule has 0 aliphatic carbocycles. The third-order valence-electron chi connectivity index (χ3n) is 1.79. The first-order chi connectivity index (χ1) is 7.29. The molecule has 0 unspecified atom stereocenters. The minimum Gasteiger partial charge on any atom is -0.465 e. The number of ether oxygens (including phenoxy) is 1. The SMILES string of the molecule is COC(=O)c1c(F)ccc(C(F)(F)F)c1F. The highest BCUT2D eigenvalue weighted by atomic mass is 19.4. The van der Waals surface area contributed by atoms with E-state index in [9.17, 15) is 26.7 Å². The van der Waals surface area contributed by atoms with Gasteiger partial charge < -0.3 is 4.74 Å². The minimum absolute atomic E-state index is 0.219. The maximum absolute atomic E-state index is 13.2. The van der Waals surface area contributed by atoms with Gasteiger partial charge in [0.2, 0.25) is 0 Å². The van der Waals surface area contributed by atoms with Gasteiger partial charge in [-0.15, -0.1) is 0 Å². The van der Waals surface area contributed by atoms with Crippen LogP contribution in [0.1, 0.15) is 15.9 Å². The van der Waals surface area contributed by atoms with Crippen molar-refractivity contribution in [2.75, 3.05) is 7.11 Å². The van der Waals surface area contributed by atoms with Gasteiger partial charge in [0.05, 0.1) is 12.7 Å². The molecule has 2 nitrogen and oxygen atoms in total. The van der Waals surface area contributed by atoms with Crippen LogP contribution in [0, 0.1) is 11.6 Å². The van der Waals surface area contributed by atoms with E-state index in [1.165, 1.54) is 0 Å². The van der Waals surface area contributed by atoms with Crippen LogP contribution < -0.4 is 0 Å². The van der Waals surface area contributed by atoms with Crippen molar-refractivity contribution >= 4 is 5.97 Å². The maximum atomic E-state index is 13.2. The predicted octanol–water partition coefficient (Wildman–Crippen LogP) is 2.77. The summed E-state index contributed by atoms with van der Waals surface area (Å²) >= 11 is 0. The normalized spacial score (nSPS) is 11.4. The number of methoxy groups -OCH3 is 1. The van der Waals surface area contributed by atoms with E-state index in [0.717, 1.165) is 7.11 Å². The van der Waals surface area contributed by atoms with Crippen molar-refractivity contribution in [3.05, 3.63) is 34.9 Å². The smallest absolute Gasteiger partial charge is 0.419 e. The second kappa shape index (κ2) is 4.07. The summed E-state index contributed by atoms with van der Waals surface area (Å²) in [6, 6.07) is 0.579. The minimum atomic E-state index is -5.00. The third kappa shape index (κ3) is 2.12. The lowest BCUT2D eigenvalue weighted by atomic mass is 10.1. The monoisotopic (exact) mass is 240 g/mol. The first kappa shape index (κ1) is 12.4. The topological polar surface area (TPSA) is 26.3 Å². The Hall–Kier alpha value is -1.66. The van der Waals surface area contributed by atoms with Crippen molar-refractivity contribution in [3.63, 3.8) is 0 Å². The van der Waals surface area contributed by atoms with Crippen LogP contribution in [0.15, 0.2) is 12.1 Å². The second-order valence-electron chi connectivity index (χ2n) is 2.77. The fourth-order valence-electron chi connectivity index (χ4n) is 1.06. The molecule has 0 amide bonds. The van der Waals surface area contributed by atoms with Crippen molar-refractivity contribution < 1.29 is 31.5 Å². The van der Waals surface area contributed by atoms with Crippen molar-refractivity contribution in [1.29, 1.82) is 0 Å². The molecule has 88 valence electrons. The molecular weight excluding hydrogens is 235 g/mol. The molecule has 0 N–H and O–H groups in total. The molecule has 0 spiro atoms. The fraction of sp³-hybridized carbons (Fsp3) is 0.222. The van der Waals surface area contributed by atoms with Crippen LogP contribution in [0.2, 0.25) is 0 Å². The lowest BCUT2D eigenvalue weighted by molar-refractivity contribution is -0.140. The largest absolute Gasteiger partial charge is 0.465 e. The summed E-state index contributed by atoms with van der Waals surface area (Å²) in [5.74, 6) is -4.88. The summed E-state index contributed by atoms with van der Waals surface area (Å²) in [5, 5.41) is 0. The highest BCUT2D eigenvalue weighted by Gasteiger charge is 2.37. The number of hydrogen-bond acceptors (Lipinski definition) is 2. The number of esters is 1. The quantitative estimate of drug-likeness (QED) is 0.557. The van der Waals surface area contributed by atoms with E-state index in [1.54, 1.807) is 0 Å². The zero-order valence-corrected chi connectivity index (χ0v) is 7.86. The molecule has 0 heterocycles. The predicted molar refractivity (Wildman–Crippen MR) is 42.7 cm³/mol. The summed E-state index contributed by atoms with van der Waals surface area (Å²) in [5.41, 5.74) is -3.06. The molecule has 16 heavy (non-hydrogen) atoms. The molecule has 0 aliphatic rings. The van der Waals surface area contributed by atoms with Gasteiger partial charge in [0.15, 0.2) is 5.82 Å². The summed E-state index contributed by atoms with van der Waals surface area (Å²) < 4.78 is 66.8. The second-order valence-corrected chi connectivity index (χ2v) is 2.77. The average Bonchev–Trinajstić information content (AvgIpc) is 2.15. The summed E-state index contributed by atoms with van der Waals surface area (Å²) in [4.78, 5) is 10.9. The van der Waals surface area contributed by atoms with E-state index in [1.807, 2.05) is 0 Å². The van der Waals surface area contributed by atoms with E-state index in [4.69, 9.17) is 0 Å². The number of carbonyl (C=O) groups excluding carboxylic acids is 1. The molecule has 0 fully saturated rings. The molecule has 1 aromatic rings. The number of alkyl halides is 3. The fourth-order valence-corrected chi connectivity index (χ4v) is 1.06. The lowest BCUT2D eigenvalue weighted by Gasteiger charge is -2.10. The van der Waals surface area contributed by atoms with Gasteiger partial charge in [-0.2, -0.15) is 13.2 Å². The van der Waals surface area contributed by atoms with Crippen LogP contribution >= 0.6 is 0 Å². The molecule has 7 heteroatoms. The van der Waals surface area contributed by atoms with Gasteiger partial charge in [0.1, 0.15) is 11.4 Å². The standard InChI is InChI=1S/C9H5F5O2/c1-16-8(15)6-5(10)3-2-4(7(6)11)9(12,13)14/h2-3H,1H3. The Morgan fingerprint density at radius 1 is 1.25 bits per heavy atom. The molecule has 0 aromatic heterocycles. The summed E-state index contributed by atoms with van der Waals surface area (Å²) in [6.45, 7) is 0. The molecule has 0 saturated carbocycles. The number of rotatable bonds is 1. The number of benzene rings is 1. The Morgan fingerprint density at radius 2 is 1.81 bits per heavy atom. The van der Waals surface area contributed by atoms with Crippen LogP contribution in [0.25, 0.3) is 0 Å². The first-order valence-corrected chi connectivity index (χ1v) is 3.92. The molecule has 0 radical (unpaired) electrons. The van der Waals surface area contributed by atoms with Gasteiger partial charge in [-0.1, -0.05) is 0 Å². The Morgan fingerprint density at radius 3 is 2.25 bits per heavy atom. The summed E-state index contributed by atoms with van der Waals surface area (Å²) in [7, 11) is 0.807. The molecule has 0 saturated heterocycles. The number of hydrogen-bond donors (Lipinski definition) is 0. The Labute approximate surface area is 86.6 Å². The number of carbonyl (C=O) groups is 1. The van der Waals surface area contributed by atoms with Crippen molar-refractivity contribution in [3.8, 4) is 0 Å². The van der Waals surface area contributed by atoms with E-state index < -0.39 is 34.9 Å². The van der Waals surface area contributed by atoms with Gasteiger partial charge in [-0.3, -0.25) is 0 Å². The Bertz CT molecular complexity index is 425. The lowest BCUT2D eigenvalue weighted by Crippen LogP contribution is -2.15. The van der Waals surface area contributed by atoms with E-state index in [0.29, 0.717) is 6.07 Å². The van der Waals surface area contributed by atoms with Crippen molar-refractivity contribution in [1.82, 2.24) is 0 Å². The highest BCUT2D eigenvalue weighted by molar-refractivity contribution is 5.90. The molecule has 0 bridgehead atoms. The third-order valence-corrected chi connectivity index (χ3v) is 1.79. The molecule has 0 aliphatic heterocycles. The zero-order valence-electron chi connectivity index (χ0n) is 7.86. The van der Waals surface area contributed by atoms with Crippen LogP contribution in [0.5, 0.6) is 0 Å². The molecule has 1 aromatic carbocycles. The molecular formula is C9H5F5O2. The highest BCUT2D eigenvalue weighted by Crippen LogP contribution is 2.33. The van der Waals surface area contributed by atoms with Crippen LogP contribution in [0.4, 0.5) is 22.0 Å². The van der Waals surface area contributed by atoms with Crippen LogP contribution in [0.3, 0.4) is 0 Å². The van der Waals surface area contributed by atoms with Crippen LogP contribution in [-0.2, 0) is 10.9 Å². The van der Waals surface area contributed by atoms with E-state index in [-0.39, 0.29) is 6.07 Å². The Balaban J connectivity index is 3.45.